The number of benzene rings is 1. The molecule has 2 aliphatic heterocycles. The highest BCUT2D eigenvalue weighted by molar-refractivity contribution is 5.77. The van der Waals surface area contributed by atoms with Crippen LogP contribution in [0.15, 0.2) is 30.3 Å². The fourth-order valence-corrected chi connectivity index (χ4v) is 5.50. The third-order valence-corrected chi connectivity index (χ3v) is 7.54. The Bertz CT molecular complexity index is 1050. The van der Waals surface area contributed by atoms with E-state index >= 15 is 0 Å². The summed E-state index contributed by atoms with van der Waals surface area (Å²) in [4.78, 5) is 19.1. The number of hydrogen-bond donors (Lipinski definition) is 2. The number of nitrogens with zero attached hydrogens (tertiary/aromatic N) is 2. The molecule has 1 atom stereocenters. The van der Waals surface area contributed by atoms with Crippen molar-refractivity contribution in [1.82, 2.24) is 9.88 Å². The lowest BCUT2D eigenvalue weighted by Crippen LogP contribution is -2.55. The van der Waals surface area contributed by atoms with Gasteiger partial charge in [0.1, 0.15) is 17.6 Å². The highest BCUT2D eigenvalue weighted by Gasteiger charge is 2.41. The van der Waals surface area contributed by atoms with Crippen LogP contribution in [0, 0.1) is 0 Å². The summed E-state index contributed by atoms with van der Waals surface area (Å²) in [5.41, 5.74) is 4.49. The zero-order valence-electron chi connectivity index (χ0n) is 21.4. The summed E-state index contributed by atoms with van der Waals surface area (Å²) >= 11 is 0. The molecule has 1 aromatic heterocycles. The number of likely N-dealkylation sites (tertiary alicyclic amines) is 1. The molecule has 1 saturated heterocycles. The van der Waals surface area contributed by atoms with E-state index in [1.165, 1.54) is 12.0 Å². The molecule has 0 bridgehead atoms. The van der Waals surface area contributed by atoms with Crippen LogP contribution in [0.3, 0.4) is 0 Å². The topological polar surface area (TPSA) is 83.9 Å². The first-order valence-electron chi connectivity index (χ1n) is 13.7. The average molecular weight is 494 g/mol. The smallest absolute Gasteiger partial charge is 0.325 e. The van der Waals surface area contributed by atoms with Gasteiger partial charge in [-0.1, -0.05) is 24.6 Å². The van der Waals surface area contributed by atoms with E-state index in [4.69, 9.17) is 14.5 Å². The second-order valence-corrected chi connectivity index (χ2v) is 10.3. The van der Waals surface area contributed by atoms with E-state index in [0.717, 1.165) is 86.5 Å². The van der Waals surface area contributed by atoms with Crippen molar-refractivity contribution in [3.05, 3.63) is 52.7 Å². The van der Waals surface area contributed by atoms with Gasteiger partial charge in [-0.25, -0.2) is 4.98 Å². The van der Waals surface area contributed by atoms with E-state index in [1.807, 2.05) is 30.0 Å². The number of carboxylic acid groups (broad SMARTS) is 1. The molecule has 194 valence electrons. The van der Waals surface area contributed by atoms with Crippen molar-refractivity contribution in [3.63, 3.8) is 0 Å². The number of fused-ring (bicyclic) bond motifs is 1. The van der Waals surface area contributed by atoms with Crippen LogP contribution < -0.4 is 10.1 Å². The lowest BCUT2D eigenvalue weighted by atomic mass is 9.93. The second kappa shape index (κ2) is 11.6. The molecule has 2 aromatic rings. The molecule has 7 heteroatoms. The first-order valence-corrected chi connectivity index (χ1v) is 13.7. The van der Waals surface area contributed by atoms with Gasteiger partial charge in [0.25, 0.3) is 0 Å². The molecule has 36 heavy (non-hydrogen) atoms. The summed E-state index contributed by atoms with van der Waals surface area (Å²) in [6.45, 7) is 5.62. The summed E-state index contributed by atoms with van der Waals surface area (Å²) in [5.74, 6) is 1.55. The molecule has 5 rings (SSSR count). The predicted octanol–water partition coefficient (Wildman–Crippen LogP) is 4.96. The first-order chi connectivity index (χ1) is 17.6. The minimum Gasteiger partial charge on any atom is -0.494 e. The minimum absolute atomic E-state index is 0.111. The Balaban J connectivity index is 1.05. The summed E-state index contributed by atoms with van der Waals surface area (Å²) in [6, 6.07) is 9.62. The van der Waals surface area contributed by atoms with E-state index in [9.17, 15) is 9.90 Å². The number of nitrogens with one attached hydrogen (secondary N) is 1. The summed E-state index contributed by atoms with van der Waals surface area (Å²) in [5, 5.41) is 13.5. The number of aliphatic carboxylic acids is 1. The van der Waals surface area contributed by atoms with Gasteiger partial charge in [-0.15, -0.1) is 0 Å². The predicted molar refractivity (Wildman–Crippen MR) is 140 cm³/mol. The molecular formula is C29H39N3O4. The fourth-order valence-electron chi connectivity index (χ4n) is 5.50. The van der Waals surface area contributed by atoms with E-state index in [0.29, 0.717) is 25.6 Å². The van der Waals surface area contributed by atoms with Crippen LogP contribution in [0.2, 0.25) is 0 Å². The number of aromatic nitrogens is 1. The number of carbonyl (C=O) groups is 1. The van der Waals surface area contributed by atoms with E-state index in [-0.39, 0.29) is 6.10 Å². The molecule has 0 amide bonds. The molecule has 1 aromatic carbocycles. The third kappa shape index (κ3) is 5.84. The summed E-state index contributed by atoms with van der Waals surface area (Å²) in [7, 11) is 0. The zero-order valence-corrected chi connectivity index (χ0v) is 21.4. The number of anilines is 1. The Morgan fingerprint density at radius 3 is 2.83 bits per heavy atom. The summed E-state index contributed by atoms with van der Waals surface area (Å²) < 4.78 is 11.9. The van der Waals surface area contributed by atoms with Gasteiger partial charge in [-0.05, 0) is 81.0 Å². The maximum atomic E-state index is 12.3. The van der Waals surface area contributed by atoms with Crippen molar-refractivity contribution < 1.29 is 19.4 Å². The van der Waals surface area contributed by atoms with Gasteiger partial charge in [0, 0.05) is 37.5 Å². The van der Waals surface area contributed by atoms with Crippen LogP contribution in [-0.2, 0) is 22.4 Å². The SMILES string of the molecule is CCOc1cccc(C(C(=O)O)N2CC(OCCCCCc3ccc4c(n3)NCCC4)C2)c1C1CC1. The van der Waals surface area contributed by atoms with Gasteiger partial charge in [-0.3, -0.25) is 9.69 Å². The molecule has 3 aliphatic rings. The van der Waals surface area contributed by atoms with Crippen molar-refractivity contribution in [2.45, 2.75) is 76.4 Å². The standard InChI is InChI=1S/C29H39N3O4/c1-2-35-25-11-6-10-24(26(25)20-12-13-20)27(29(33)34)32-18-23(19-32)36-17-5-3-4-9-22-15-14-21-8-7-16-30-28(21)31-22/h6,10-11,14-15,20,23,27H,2-5,7-9,12-13,16-19H2,1H3,(H,30,31)(H,33,34). The van der Waals surface area contributed by atoms with Crippen molar-refractivity contribution in [1.29, 1.82) is 0 Å². The Morgan fingerprint density at radius 2 is 2.06 bits per heavy atom. The van der Waals surface area contributed by atoms with Crippen molar-refractivity contribution in [2.24, 2.45) is 0 Å². The monoisotopic (exact) mass is 493 g/mol. The van der Waals surface area contributed by atoms with Gasteiger partial charge >= 0.3 is 5.97 Å². The summed E-state index contributed by atoms with van der Waals surface area (Å²) in [6.07, 6.45) is 8.86. The molecule has 1 saturated carbocycles. The van der Waals surface area contributed by atoms with Crippen molar-refractivity contribution in [2.75, 3.05) is 38.2 Å². The number of unbranched alkanes of at least 4 members (excludes halogenated alkanes) is 2. The van der Waals surface area contributed by atoms with Gasteiger partial charge in [0.2, 0.25) is 0 Å². The number of aryl methyl sites for hydroxylation is 2. The van der Waals surface area contributed by atoms with Crippen LogP contribution in [0.4, 0.5) is 5.82 Å². The second-order valence-electron chi connectivity index (χ2n) is 10.3. The number of pyridine rings is 1. The number of carboxylic acids is 1. The maximum Gasteiger partial charge on any atom is 0.325 e. The van der Waals surface area contributed by atoms with Gasteiger partial charge in [0.05, 0.1) is 12.7 Å². The molecule has 0 radical (unpaired) electrons. The lowest BCUT2D eigenvalue weighted by Gasteiger charge is -2.43. The quantitative estimate of drug-likeness (QED) is 0.382. The van der Waals surface area contributed by atoms with Crippen molar-refractivity contribution >= 4 is 11.8 Å². The molecule has 1 unspecified atom stereocenters. The number of ether oxygens (including phenoxy) is 2. The highest BCUT2D eigenvalue weighted by atomic mass is 16.5. The Morgan fingerprint density at radius 1 is 1.19 bits per heavy atom. The normalized spacial score (nSPS) is 18.7. The van der Waals surface area contributed by atoms with Gasteiger partial charge in [0.15, 0.2) is 0 Å². The van der Waals surface area contributed by atoms with Crippen LogP contribution in [0.1, 0.15) is 79.8 Å². The molecule has 1 aliphatic carbocycles. The Hall–Kier alpha value is -2.64. The molecule has 0 spiro atoms. The van der Waals surface area contributed by atoms with E-state index in [2.05, 4.69) is 17.4 Å². The molecule has 3 heterocycles. The molecule has 2 fully saturated rings. The lowest BCUT2D eigenvalue weighted by molar-refractivity contribution is -0.151. The van der Waals surface area contributed by atoms with Crippen LogP contribution in [0.25, 0.3) is 0 Å². The zero-order chi connectivity index (χ0) is 24.9. The number of hydrogen-bond acceptors (Lipinski definition) is 6. The average Bonchev–Trinajstić information content (AvgIpc) is 3.69. The molecular weight excluding hydrogens is 454 g/mol. The Kier molecular flexibility index (Phi) is 8.07. The molecule has 7 nitrogen and oxygen atoms in total. The van der Waals surface area contributed by atoms with Crippen LogP contribution >= 0.6 is 0 Å². The largest absolute Gasteiger partial charge is 0.494 e. The van der Waals surface area contributed by atoms with Crippen molar-refractivity contribution in [3.8, 4) is 5.75 Å². The van der Waals surface area contributed by atoms with Gasteiger partial charge < -0.3 is 19.9 Å². The Labute approximate surface area is 214 Å². The highest BCUT2D eigenvalue weighted by Crippen LogP contribution is 2.48. The van der Waals surface area contributed by atoms with Crippen LogP contribution in [-0.4, -0.2) is 59.9 Å². The third-order valence-electron chi connectivity index (χ3n) is 7.54. The van der Waals surface area contributed by atoms with E-state index in [1.54, 1.807) is 0 Å². The first kappa shape index (κ1) is 25.0. The van der Waals surface area contributed by atoms with E-state index < -0.39 is 12.0 Å². The van der Waals surface area contributed by atoms with Gasteiger partial charge in [-0.2, -0.15) is 0 Å². The van der Waals surface area contributed by atoms with Crippen LogP contribution in [0.5, 0.6) is 5.75 Å². The minimum atomic E-state index is -0.796. The maximum absolute atomic E-state index is 12.3. The number of rotatable bonds is 13. The molecule has 2 N–H and O–H groups in total. The fraction of sp³-hybridized carbons (Fsp3) is 0.586.